The number of aliphatic carboxylic acids is 1. The van der Waals surface area contributed by atoms with E-state index in [-0.39, 0.29) is 5.70 Å². The number of hydrogen-bond acceptors (Lipinski definition) is 6. The predicted octanol–water partition coefficient (Wildman–Crippen LogP) is 3.06. The van der Waals surface area contributed by atoms with Gasteiger partial charge >= 0.3 is 12.0 Å². The van der Waals surface area contributed by atoms with Crippen LogP contribution in [0.2, 0.25) is 0 Å². The maximum absolute atomic E-state index is 12.7. The molecule has 1 aliphatic heterocycles. The normalized spacial score (nSPS) is 14.3. The van der Waals surface area contributed by atoms with E-state index in [4.69, 9.17) is 14.6 Å². The fourth-order valence-electron chi connectivity index (χ4n) is 2.90. The van der Waals surface area contributed by atoms with Crippen molar-refractivity contribution in [2.24, 2.45) is 0 Å². The molecule has 3 rings (SSSR count). The Balaban J connectivity index is 1.73. The molecular weight excluding hydrogens is 613 g/mol. The molecule has 0 aromatic heterocycles. The molecule has 172 valence electrons. The summed E-state index contributed by atoms with van der Waals surface area (Å²) in [6, 6.07) is 9.31. The van der Waals surface area contributed by atoms with Gasteiger partial charge in [-0.3, -0.25) is 9.59 Å². The second-order valence-corrected chi connectivity index (χ2v) is 8.64. The SMILES string of the molecule is COc1ccccc1NC(=O)CN1C(=O)N/C(=C/c2cc(Br)c(OCC(=O)O)c(I)c2)C1=O. The van der Waals surface area contributed by atoms with Crippen LogP contribution in [-0.4, -0.2) is 54.1 Å². The number of nitrogens with zero attached hydrogens (tertiary/aromatic N) is 1. The smallest absolute Gasteiger partial charge is 0.341 e. The molecule has 1 saturated heterocycles. The van der Waals surface area contributed by atoms with E-state index in [1.54, 1.807) is 36.4 Å². The number of urea groups is 1. The molecule has 3 N–H and O–H groups in total. The van der Waals surface area contributed by atoms with Crippen molar-refractivity contribution in [3.63, 3.8) is 0 Å². The summed E-state index contributed by atoms with van der Waals surface area (Å²) >= 11 is 5.28. The Labute approximate surface area is 210 Å². The number of carboxylic acids is 1. The summed E-state index contributed by atoms with van der Waals surface area (Å²) in [6.45, 7) is -0.987. The highest BCUT2D eigenvalue weighted by molar-refractivity contribution is 14.1. The van der Waals surface area contributed by atoms with E-state index in [2.05, 4.69) is 26.6 Å². The number of benzene rings is 2. The van der Waals surface area contributed by atoms with Crippen LogP contribution >= 0.6 is 38.5 Å². The quantitative estimate of drug-likeness (QED) is 0.232. The zero-order valence-electron chi connectivity index (χ0n) is 17.1. The van der Waals surface area contributed by atoms with Gasteiger partial charge in [-0.05, 0) is 74.4 Å². The van der Waals surface area contributed by atoms with E-state index in [9.17, 15) is 19.2 Å². The van der Waals surface area contributed by atoms with E-state index in [0.29, 0.717) is 30.8 Å². The van der Waals surface area contributed by atoms with Gasteiger partial charge in [0.1, 0.15) is 23.7 Å². The van der Waals surface area contributed by atoms with Gasteiger partial charge in [0.15, 0.2) is 6.61 Å². The van der Waals surface area contributed by atoms with Crippen LogP contribution in [0.5, 0.6) is 11.5 Å². The number of carbonyl (C=O) groups excluding carboxylic acids is 3. The molecule has 33 heavy (non-hydrogen) atoms. The van der Waals surface area contributed by atoms with Crippen molar-refractivity contribution >= 4 is 74.1 Å². The third-order valence-electron chi connectivity index (χ3n) is 4.32. The van der Waals surface area contributed by atoms with E-state index in [0.717, 1.165) is 4.90 Å². The Hall–Kier alpha value is -3.13. The summed E-state index contributed by atoms with van der Waals surface area (Å²) in [5.74, 6) is -1.55. The molecule has 1 heterocycles. The number of hydrogen-bond donors (Lipinski definition) is 3. The van der Waals surface area contributed by atoms with Gasteiger partial charge < -0.3 is 25.2 Å². The number of para-hydroxylation sites is 2. The second kappa shape index (κ2) is 10.7. The van der Waals surface area contributed by atoms with Gasteiger partial charge in [0.2, 0.25) is 5.91 Å². The highest BCUT2D eigenvalue weighted by Crippen LogP contribution is 2.33. The Morgan fingerprint density at radius 3 is 2.67 bits per heavy atom. The molecule has 4 amide bonds. The minimum atomic E-state index is -1.11. The Morgan fingerprint density at radius 1 is 1.27 bits per heavy atom. The topological polar surface area (TPSA) is 134 Å². The number of carboxylic acid groups (broad SMARTS) is 1. The summed E-state index contributed by atoms with van der Waals surface area (Å²) in [5, 5.41) is 13.9. The number of halogens is 2. The summed E-state index contributed by atoms with van der Waals surface area (Å²) < 4.78 is 11.5. The highest BCUT2D eigenvalue weighted by Gasteiger charge is 2.35. The first-order valence-corrected chi connectivity index (χ1v) is 11.2. The van der Waals surface area contributed by atoms with Gasteiger partial charge in [-0.15, -0.1) is 0 Å². The fourth-order valence-corrected chi connectivity index (χ4v) is 4.67. The van der Waals surface area contributed by atoms with Gasteiger partial charge in [-0.1, -0.05) is 12.1 Å². The average molecular weight is 630 g/mol. The first-order chi connectivity index (χ1) is 15.7. The van der Waals surface area contributed by atoms with Crippen LogP contribution in [0.3, 0.4) is 0 Å². The molecule has 0 radical (unpaired) electrons. The first kappa shape index (κ1) is 24.5. The van der Waals surface area contributed by atoms with E-state index >= 15 is 0 Å². The van der Waals surface area contributed by atoms with Gasteiger partial charge in [0.05, 0.1) is 20.8 Å². The maximum Gasteiger partial charge on any atom is 0.341 e. The number of amides is 4. The van der Waals surface area contributed by atoms with E-state index in [1.807, 2.05) is 22.6 Å². The molecule has 1 aliphatic rings. The standard InChI is InChI=1S/C21H17BrIN3O7/c1-32-16-5-3-2-4-14(16)24-17(27)9-26-20(30)15(25-21(26)31)8-11-6-12(22)19(13(23)7-11)33-10-18(28)29/h2-8H,9-10H2,1H3,(H,24,27)(H,25,31)(H,28,29)/b15-8+. The molecule has 12 heteroatoms. The summed E-state index contributed by atoms with van der Waals surface area (Å²) in [4.78, 5) is 48.9. The van der Waals surface area contributed by atoms with Crippen molar-refractivity contribution in [3.05, 3.63) is 55.7 Å². The van der Waals surface area contributed by atoms with Crippen LogP contribution < -0.4 is 20.1 Å². The molecule has 0 atom stereocenters. The molecule has 0 spiro atoms. The van der Waals surface area contributed by atoms with Crippen molar-refractivity contribution in [3.8, 4) is 11.5 Å². The molecule has 0 aliphatic carbocycles. The lowest BCUT2D eigenvalue weighted by Gasteiger charge is -2.13. The molecule has 10 nitrogen and oxygen atoms in total. The van der Waals surface area contributed by atoms with Crippen LogP contribution in [0.4, 0.5) is 10.5 Å². The van der Waals surface area contributed by atoms with Crippen molar-refractivity contribution in [1.82, 2.24) is 10.2 Å². The van der Waals surface area contributed by atoms with Crippen LogP contribution in [-0.2, 0) is 14.4 Å². The first-order valence-electron chi connectivity index (χ1n) is 9.30. The maximum atomic E-state index is 12.7. The monoisotopic (exact) mass is 629 g/mol. The van der Waals surface area contributed by atoms with Crippen molar-refractivity contribution in [2.45, 2.75) is 0 Å². The molecule has 0 saturated carbocycles. The minimum absolute atomic E-state index is 0.00741. The van der Waals surface area contributed by atoms with Crippen LogP contribution in [0.1, 0.15) is 5.56 Å². The van der Waals surface area contributed by atoms with Crippen LogP contribution in [0.25, 0.3) is 6.08 Å². The number of anilines is 1. The number of carbonyl (C=O) groups is 4. The summed E-state index contributed by atoms with van der Waals surface area (Å²) in [7, 11) is 1.46. The van der Waals surface area contributed by atoms with Crippen molar-refractivity contribution in [2.75, 3.05) is 25.6 Å². The molecule has 0 unspecified atom stereocenters. The minimum Gasteiger partial charge on any atom is -0.495 e. The van der Waals surface area contributed by atoms with Crippen LogP contribution in [0, 0.1) is 3.57 Å². The highest BCUT2D eigenvalue weighted by atomic mass is 127. The zero-order chi connectivity index (χ0) is 24.1. The average Bonchev–Trinajstić information content (AvgIpc) is 3.00. The van der Waals surface area contributed by atoms with Crippen molar-refractivity contribution in [1.29, 1.82) is 0 Å². The predicted molar refractivity (Wildman–Crippen MR) is 130 cm³/mol. The molecule has 2 aromatic rings. The zero-order valence-corrected chi connectivity index (χ0v) is 20.8. The molecule has 0 bridgehead atoms. The van der Waals surface area contributed by atoms with E-state index < -0.39 is 37.0 Å². The lowest BCUT2D eigenvalue weighted by atomic mass is 10.2. The number of ether oxygens (including phenoxy) is 2. The number of rotatable bonds is 8. The van der Waals surface area contributed by atoms with Gasteiger partial charge in [-0.2, -0.15) is 0 Å². The third kappa shape index (κ3) is 6.01. The largest absolute Gasteiger partial charge is 0.495 e. The lowest BCUT2D eigenvalue weighted by Crippen LogP contribution is -2.38. The van der Waals surface area contributed by atoms with E-state index in [1.165, 1.54) is 13.2 Å². The van der Waals surface area contributed by atoms with Gasteiger partial charge in [0, 0.05) is 0 Å². The Bertz CT molecular complexity index is 1150. The molecule has 2 aromatic carbocycles. The van der Waals surface area contributed by atoms with Gasteiger partial charge in [0.25, 0.3) is 5.91 Å². The van der Waals surface area contributed by atoms with Crippen molar-refractivity contribution < 1.29 is 33.8 Å². The molecule has 1 fully saturated rings. The summed E-state index contributed by atoms with van der Waals surface area (Å²) in [5.41, 5.74) is 0.961. The Morgan fingerprint density at radius 2 is 2.00 bits per heavy atom. The van der Waals surface area contributed by atoms with Crippen LogP contribution in [0.15, 0.2) is 46.6 Å². The number of imide groups is 1. The number of methoxy groups -OCH3 is 1. The fraction of sp³-hybridized carbons (Fsp3) is 0.143. The summed E-state index contributed by atoms with van der Waals surface area (Å²) in [6.07, 6.45) is 1.45. The van der Waals surface area contributed by atoms with Gasteiger partial charge in [-0.25, -0.2) is 14.5 Å². The Kier molecular flexibility index (Phi) is 7.92. The third-order valence-corrected chi connectivity index (χ3v) is 5.71. The lowest BCUT2D eigenvalue weighted by molar-refractivity contribution is -0.139. The number of nitrogens with one attached hydrogen (secondary N) is 2. The molecular formula is C21H17BrIN3O7. The second-order valence-electron chi connectivity index (χ2n) is 6.62.